The number of aryl methyl sites for hydroxylation is 1. The first kappa shape index (κ1) is 14.1. The van der Waals surface area contributed by atoms with Gasteiger partial charge in [0.1, 0.15) is 0 Å². The third-order valence-corrected chi connectivity index (χ3v) is 1.41. The van der Waals surface area contributed by atoms with Crippen molar-refractivity contribution in [1.29, 1.82) is 0 Å². The standard InChI is InChI=1S/C9H11.HI.Zn/c1-3-9-6-4-8(2)5-7-9;;/h4-7H,1,3H2,2H3;1H;/q-1;;+2/p-1. The zero-order valence-corrected chi connectivity index (χ0v) is 11.9. The van der Waals surface area contributed by atoms with Crippen molar-refractivity contribution in [3.8, 4) is 0 Å². The molecule has 0 saturated heterocycles. The largest absolute Gasteiger partial charge is 2.00 e. The van der Waals surface area contributed by atoms with Crippen LogP contribution in [0.15, 0.2) is 24.3 Å². The molecular weight excluding hydrogens is 300 g/mol. The minimum Gasteiger partial charge on any atom is -1.00 e. The Kier molecular flexibility index (Phi) is 9.29. The van der Waals surface area contributed by atoms with Crippen molar-refractivity contribution in [2.24, 2.45) is 0 Å². The van der Waals surface area contributed by atoms with Gasteiger partial charge in [0.2, 0.25) is 0 Å². The van der Waals surface area contributed by atoms with Gasteiger partial charge in [-0.2, -0.15) is 6.42 Å². The van der Waals surface area contributed by atoms with E-state index >= 15 is 0 Å². The van der Waals surface area contributed by atoms with Gasteiger partial charge in [0.15, 0.2) is 0 Å². The van der Waals surface area contributed by atoms with Crippen LogP contribution in [0.5, 0.6) is 0 Å². The third-order valence-electron chi connectivity index (χ3n) is 1.41. The molecule has 0 aliphatic heterocycles. The molecule has 0 bridgehead atoms. The molecule has 1 rings (SSSR count). The summed E-state index contributed by atoms with van der Waals surface area (Å²) >= 11 is 0. The molecule has 0 saturated carbocycles. The van der Waals surface area contributed by atoms with Crippen LogP contribution in [0.2, 0.25) is 0 Å². The number of benzene rings is 1. The van der Waals surface area contributed by atoms with Crippen LogP contribution in [-0.2, 0) is 25.9 Å². The average Bonchev–Trinajstić information content (AvgIpc) is 1.90. The van der Waals surface area contributed by atoms with E-state index in [1.807, 2.05) is 0 Å². The van der Waals surface area contributed by atoms with Gasteiger partial charge in [0.25, 0.3) is 0 Å². The number of hydrogen-bond acceptors (Lipinski definition) is 0. The topological polar surface area (TPSA) is 0 Å². The molecule has 0 aromatic heterocycles. The van der Waals surface area contributed by atoms with Crippen LogP contribution in [-0.4, -0.2) is 0 Å². The molecule has 0 fully saturated rings. The Hall–Kier alpha value is 0.573. The Morgan fingerprint density at radius 2 is 1.64 bits per heavy atom. The van der Waals surface area contributed by atoms with Gasteiger partial charge in [0.05, 0.1) is 0 Å². The minimum atomic E-state index is 0. The van der Waals surface area contributed by atoms with E-state index in [1.54, 1.807) is 0 Å². The molecule has 1 aromatic carbocycles. The van der Waals surface area contributed by atoms with E-state index in [0.29, 0.717) is 0 Å². The first-order valence-electron chi connectivity index (χ1n) is 3.17. The summed E-state index contributed by atoms with van der Waals surface area (Å²) in [6.07, 6.45) is 0.889. The van der Waals surface area contributed by atoms with E-state index in [1.165, 1.54) is 11.1 Å². The van der Waals surface area contributed by atoms with Gasteiger partial charge < -0.3 is 30.9 Å². The average molecular weight is 311 g/mol. The van der Waals surface area contributed by atoms with Crippen molar-refractivity contribution < 1.29 is 43.5 Å². The summed E-state index contributed by atoms with van der Waals surface area (Å²) in [5, 5.41) is 0. The minimum absolute atomic E-state index is 0. The maximum atomic E-state index is 3.79. The fraction of sp³-hybridized carbons (Fsp3) is 0.222. The molecular formula is C9H11IZn. The smallest absolute Gasteiger partial charge is 1.00 e. The molecule has 0 atom stereocenters. The fourth-order valence-electron chi connectivity index (χ4n) is 0.755. The van der Waals surface area contributed by atoms with E-state index in [4.69, 9.17) is 0 Å². The molecule has 56 valence electrons. The van der Waals surface area contributed by atoms with Gasteiger partial charge in [-0.05, 0) is 6.92 Å². The number of hydrogen-bond donors (Lipinski definition) is 0. The van der Waals surface area contributed by atoms with E-state index < -0.39 is 0 Å². The molecule has 1 aromatic rings. The third kappa shape index (κ3) is 4.92. The molecule has 0 spiro atoms. The van der Waals surface area contributed by atoms with Crippen LogP contribution in [0, 0.1) is 13.8 Å². The van der Waals surface area contributed by atoms with Gasteiger partial charge in [0, 0.05) is 0 Å². The van der Waals surface area contributed by atoms with Crippen LogP contribution in [0.25, 0.3) is 0 Å². The second-order valence-electron chi connectivity index (χ2n) is 2.24. The molecule has 0 aliphatic carbocycles. The number of halogens is 1. The van der Waals surface area contributed by atoms with Gasteiger partial charge in [-0.25, -0.2) is 0 Å². The quantitative estimate of drug-likeness (QED) is 0.368. The summed E-state index contributed by atoms with van der Waals surface area (Å²) in [6.45, 7) is 5.88. The monoisotopic (exact) mass is 310 g/mol. The molecule has 0 radical (unpaired) electrons. The van der Waals surface area contributed by atoms with Gasteiger partial charge >= 0.3 is 19.5 Å². The Balaban J connectivity index is 0. The van der Waals surface area contributed by atoms with Crippen LogP contribution >= 0.6 is 0 Å². The second kappa shape index (κ2) is 7.23. The van der Waals surface area contributed by atoms with Gasteiger partial charge in [-0.15, -0.1) is 0 Å². The molecule has 0 N–H and O–H groups in total. The normalized spacial score (nSPS) is 7.82. The zero-order chi connectivity index (χ0) is 6.69. The first-order valence-corrected chi connectivity index (χ1v) is 3.17. The van der Waals surface area contributed by atoms with Crippen LogP contribution in [0.1, 0.15) is 11.1 Å². The second-order valence-corrected chi connectivity index (χ2v) is 2.24. The Morgan fingerprint density at radius 3 is 2.00 bits per heavy atom. The summed E-state index contributed by atoms with van der Waals surface area (Å²) in [5.41, 5.74) is 2.62. The Bertz CT molecular complexity index is 181. The molecule has 0 heterocycles. The SMILES string of the molecule is [CH2-]Cc1ccc(C)cc1.[I-].[Zn+2]. The van der Waals surface area contributed by atoms with E-state index in [-0.39, 0.29) is 43.5 Å². The summed E-state index contributed by atoms with van der Waals surface area (Å²) in [5.74, 6) is 0. The summed E-state index contributed by atoms with van der Waals surface area (Å²) in [6, 6.07) is 8.45. The maximum absolute atomic E-state index is 3.79. The maximum Gasteiger partial charge on any atom is 2.00 e. The van der Waals surface area contributed by atoms with Crippen molar-refractivity contribution in [1.82, 2.24) is 0 Å². The van der Waals surface area contributed by atoms with Crippen LogP contribution < -0.4 is 24.0 Å². The summed E-state index contributed by atoms with van der Waals surface area (Å²) < 4.78 is 0. The van der Waals surface area contributed by atoms with Crippen molar-refractivity contribution >= 4 is 0 Å². The van der Waals surface area contributed by atoms with E-state index in [2.05, 4.69) is 38.1 Å². The van der Waals surface area contributed by atoms with E-state index in [0.717, 1.165) is 6.42 Å². The molecule has 11 heavy (non-hydrogen) atoms. The van der Waals surface area contributed by atoms with Gasteiger partial charge in [-0.1, -0.05) is 35.4 Å². The molecule has 0 unspecified atom stereocenters. The van der Waals surface area contributed by atoms with E-state index in [9.17, 15) is 0 Å². The van der Waals surface area contributed by atoms with Crippen LogP contribution in [0.3, 0.4) is 0 Å². The molecule has 0 nitrogen and oxygen atoms in total. The van der Waals surface area contributed by atoms with Crippen molar-refractivity contribution in [2.45, 2.75) is 13.3 Å². The zero-order valence-electron chi connectivity index (χ0n) is 6.81. The Labute approximate surface area is 98.6 Å². The summed E-state index contributed by atoms with van der Waals surface area (Å²) in [7, 11) is 0. The number of rotatable bonds is 1. The molecule has 0 aliphatic rings. The molecule has 2 heteroatoms. The molecule has 0 amide bonds. The van der Waals surface area contributed by atoms with Crippen molar-refractivity contribution in [2.75, 3.05) is 0 Å². The fourth-order valence-corrected chi connectivity index (χ4v) is 0.755. The first-order chi connectivity index (χ1) is 4.33. The van der Waals surface area contributed by atoms with Gasteiger partial charge in [-0.3, -0.25) is 0 Å². The van der Waals surface area contributed by atoms with Crippen molar-refractivity contribution in [3.63, 3.8) is 0 Å². The Morgan fingerprint density at radius 1 is 1.18 bits per heavy atom. The van der Waals surface area contributed by atoms with Crippen LogP contribution in [0.4, 0.5) is 0 Å². The van der Waals surface area contributed by atoms with Crippen molar-refractivity contribution in [3.05, 3.63) is 42.3 Å². The predicted octanol–water partition coefficient (Wildman–Crippen LogP) is -0.627. The predicted molar refractivity (Wildman–Crippen MR) is 40.2 cm³/mol. The summed E-state index contributed by atoms with van der Waals surface area (Å²) in [4.78, 5) is 0.